The molecule has 1 atom stereocenters. The Morgan fingerprint density at radius 1 is 1.18 bits per heavy atom. The number of thioether (sulfide) groups is 2. The Morgan fingerprint density at radius 2 is 1.76 bits per heavy atom. The molecule has 0 aliphatic rings. The molecule has 0 unspecified atom stereocenters. The molecule has 0 radical (unpaired) electrons. The quantitative estimate of drug-likeness (QED) is 0.392. The smallest absolute Gasteiger partial charge is 0.382 e. The molecule has 0 fully saturated rings. The Hall–Kier alpha value is -0.530. The van der Waals surface area contributed by atoms with Gasteiger partial charge in [0.2, 0.25) is 5.78 Å². The Kier molecular flexibility index (Phi) is 9.20. The van der Waals surface area contributed by atoms with Crippen LogP contribution in [0.15, 0.2) is 0 Å². The van der Waals surface area contributed by atoms with E-state index in [9.17, 15) is 14.4 Å². The molecule has 0 aromatic rings. The standard InChI is InChI=1S/C10H17NO4S2/c1-16-5-3-7(11)9(13)15-10(14)8(12)4-6-17-2/h7H,3-6,11H2,1-2H3/t7-/m0/s1. The first-order valence-electron chi connectivity index (χ1n) is 5.05. The van der Waals surface area contributed by atoms with Crippen LogP contribution in [-0.4, -0.2) is 47.8 Å². The van der Waals surface area contributed by atoms with Gasteiger partial charge in [0.1, 0.15) is 6.04 Å². The zero-order valence-corrected chi connectivity index (χ0v) is 11.6. The van der Waals surface area contributed by atoms with Gasteiger partial charge in [0.15, 0.2) is 0 Å². The van der Waals surface area contributed by atoms with Crippen molar-refractivity contribution in [2.24, 2.45) is 5.73 Å². The number of nitrogens with two attached hydrogens (primary N) is 1. The highest BCUT2D eigenvalue weighted by atomic mass is 32.2. The predicted molar refractivity (Wildman–Crippen MR) is 70.1 cm³/mol. The summed E-state index contributed by atoms with van der Waals surface area (Å²) in [6.07, 6.45) is 4.21. The first-order chi connectivity index (χ1) is 8.02. The van der Waals surface area contributed by atoms with Gasteiger partial charge in [0.05, 0.1) is 0 Å². The van der Waals surface area contributed by atoms with Crippen LogP contribution in [0.2, 0.25) is 0 Å². The maximum atomic E-state index is 11.3. The fraction of sp³-hybridized carbons (Fsp3) is 0.700. The van der Waals surface area contributed by atoms with Crippen LogP contribution in [-0.2, 0) is 19.1 Å². The minimum absolute atomic E-state index is 0.0767. The van der Waals surface area contributed by atoms with Crippen molar-refractivity contribution >= 4 is 41.2 Å². The van der Waals surface area contributed by atoms with Crippen molar-refractivity contribution in [3.8, 4) is 0 Å². The van der Waals surface area contributed by atoms with Crippen LogP contribution < -0.4 is 5.73 Å². The van der Waals surface area contributed by atoms with Crippen LogP contribution in [0.1, 0.15) is 12.8 Å². The molecular weight excluding hydrogens is 262 g/mol. The first kappa shape index (κ1) is 16.5. The molecule has 0 amide bonds. The predicted octanol–water partition coefficient (Wildman–Crippen LogP) is 0.459. The summed E-state index contributed by atoms with van der Waals surface area (Å²) in [5, 5.41) is 0. The second-order valence-electron chi connectivity index (χ2n) is 3.26. The van der Waals surface area contributed by atoms with Gasteiger partial charge in [-0.15, -0.1) is 0 Å². The average Bonchev–Trinajstić information content (AvgIpc) is 2.32. The number of ketones is 1. The fourth-order valence-electron chi connectivity index (χ4n) is 0.883. The zero-order valence-electron chi connectivity index (χ0n) is 9.93. The summed E-state index contributed by atoms with van der Waals surface area (Å²) < 4.78 is 4.40. The molecule has 0 aliphatic heterocycles. The van der Waals surface area contributed by atoms with E-state index in [0.29, 0.717) is 17.9 Å². The molecule has 0 saturated carbocycles. The Labute approximate surface area is 109 Å². The summed E-state index contributed by atoms with van der Waals surface area (Å²) >= 11 is 2.98. The summed E-state index contributed by atoms with van der Waals surface area (Å²) in [6.45, 7) is 0. The summed E-state index contributed by atoms with van der Waals surface area (Å²) in [6, 6.07) is -0.847. The SMILES string of the molecule is CSCCC(=O)C(=O)OC(=O)[C@@H](N)CCSC. The molecule has 0 rings (SSSR count). The van der Waals surface area contributed by atoms with Crippen molar-refractivity contribution in [3.63, 3.8) is 0 Å². The summed E-state index contributed by atoms with van der Waals surface area (Å²) in [5.41, 5.74) is 5.50. The van der Waals surface area contributed by atoms with E-state index < -0.39 is 23.8 Å². The van der Waals surface area contributed by atoms with E-state index in [2.05, 4.69) is 4.74 Å². The minimum atomic E-state index is -1.11. The van der Waals surface area contributed by atoms with E-state index in [4.69, 9.17) is 5.73 Å². The van der Waals surface area contributed by atoms with Gasteiger partial charge < -0.3 is 10.5 Å². The van der Waals surface area contributed by atoms with Gasteiger partial charge in [0.25, 0.3) is 0 Å². The second kappa shape index (κ2) is 9.49. The number of ether oxygens (including phenoxy) is 1. The largest absolute Gasteiger partial charge is 0.386 e. The normalized spacial score (nSPS) is 11.9. The molecule has 17 heavy (non-hydrogen) atoms. The Balaban J connectivity index is 4.01. The molecule has 0 heterocycles. The molecule has 98 valence electrons. The second-order valence-corrected chi connectivity index (χ2v) is 5.23. The molecule has 2 N–H and O–H groups in total. The zero-order chi connectivity index (χ0) is 13.3. The fourth-order valence-corrected chi connectivity index (χ4v) is 1.76. The minimum Gasteiger partial charge on any atom is -0.386 e. The number of esters is 2. The van der Waals surface area contributed by atoms with Gasteiger partial charge in [0, 0.05) is 12.2 Å². The molecule has 0 aromatic carbocycles. The summed E-state index contributed by atoms with van der Waals surface area (Å²) in [7, 11) is 0. The van der Waals surface area contributed by atoms with Gasteiger partial charge in [-0.25, -0.2) is 9.59 Å². The van der Waals surface area contributed by atoms with Crippen LogP contribution in [0.5, 0.6) is 0 Å². The van der Waals surface area contributed by atoms with Gasteiger partial charge in [-0.05, 0) is 24.7 Å². The van der Waals surface area contributed by atoms with Crippen LogP contribution in [0.3, 0.4) is 0 Å². The summed E-state index contributed by atoms with van der Waals surface area (Å²) in [5.74, 6) is -1.40. The number of Topliss-reactive ketones (excluding diaryl/α,β-unsaturated/α-hetero) is 1. The molecule has 7 heteroatoms. The molecule has 0 aliphatic carbocycles. The highest BCUT2D eigenvalue weighted by Crippen LogP contribution is 2.02. The van der Waals surface area contributed by atoms with E-state index in [0.717, 1.165) is 0 Å². The number of carbonyl (C=O) groups excluding carboxylic acids is 3. The van der Waals surface area contributed by atoms with E-state index in [-0.39, 0.29) is 6.42 Å². The molecule has 0 bridgehead atoms. The third-order valence-corrected chi connectivity index (χ3v) is 3.15. The average molecular weight is 279 g/mol. The Morgan fingerprint density at radius 3 is 2.29 bits per heavy atom. The lowest BCUT2D eigenvalue weighted by Gasteiger charge is -2.08. The number of rotatable bonds is 8. The van der Waals surface area contributed by atoms with Crippen LogP contribution in [0, 0.1) is 0 Å². The van der Waals surface area contributed by atoms with Crippen molar-refractivity contribution in [2.45, 2.75) is 18.9 Å². The lowest BCUT2D eigenvalue weighted by atomic mass is 10.2. The number of hydrogen-bond donors (Lipinski definition) is 1. The number of carbonyl (C=O) groups is 3. The molecule has 0 saturated heterocycles. The van der Waals surface area contributed by atoms with Crippen LogP contribution in [0.4, 0.5) is 0 Å². The highest BCUT2D eigenvalue weighted by Gasteiger charge is 2.22. The Bertz CT molecular complexity index is 283. The van der Waals surface area contributed by atoms with E-state index in [1.165, 1.54) is 11.8 Å². The van der Waals surface area contributed by atoms with Crippen LogP contribution in [0.25, 0.3) is 0 Å². The van der Waals surface area contributed by atoms with E-state index in [1.807, 2.05) is 12.5 Å². The maximum absolute atomic E-state index is 11.3. The third kappa shape index (κ3) is 7.40. The highest BCUT2D eigenvalue weighted by molar-refractivity contribution is 7.98. The van der Waals surface area contributed by atoms with Crippen molar-refractivity contribution in [2.75, 3.05) is 24.0 Å². The van der Waals surface area contributed by atoms with Gasteiger partial charge in [-0.2, -0.15) is 23.5 Å². The lowest BCUT2D eigenvalue weighted by molar-refractivity contribution is -0.164. The molecule has 0 aromatic heterocycles. The van der Waals surface area contributed by atoms with Gasteiger partial charge >= 0.3 is 11.9 Å². The first-order valence-corrected chi connectivity index (χ1v) is 7.84. The van der Waals surface area contributed by atoms with Gasteiger partial charge in [-0.1, -0.05) is 0 Å². The van der Waals surface area contributed by atoms with E-state index in [1.54, 1.807) is 11.8 Å². The molecular formula is C10H17NO4S2. The number of hydrogen-bond acceptors (Lipinski definition) is 7. The summed E-state index contributed by atoms with van der Waals surface area (Å²) in [4.78, 5) is 33.7. The molecule has 0 spiro atoms. The van der Waals surface area contributed by atoms with Crippen molar-refractivity contribution in [1.29, 1.82) is 0 Å². The van der Waals surface area contributed by atoms with Gasteiger partial charge in [-0.3, -0.25) is 4.79 Å². The molecule has 5 nitrogen and oxygen atoms in total. The van der Waals surface area contributed by atoms with Crippen molar-refractivity contribution in [3.05, 3.63) is 0 Å². The topological polar surface area (TPSA) is 86.5 Å². The third-order valence-electron chi connectivity index (χ3n) is 1.89. The van der Waals surface area contributed by atoms with Crippen molar-refractivity contribution < 1.29 is 19.1 Å². The van der Waals surface area contributed by atoms with Crippen molar-refractivity contribution in [1.82, 2.24) is 0 Å². The maximum Gasteiger partial charge on any atom is 0.382 e. The lowest BCUT2D eigenvalue weighted by Crippen LogP contribution is -2.36. The van der Waals surface area contributed by atoms with Crippen LogP contribution >= 0.6 is 23.5 Å². The monoisotopic (exact) mass is 279 g/mol. The van der Waals surface area contributed by atoms with E-state index >= 15 is 0 Å².